The Morgan fingerprint density at radius 1 is 1.10 bits per heavy atom. The molecule has 0 aromatic heterocycles. The summed E-state index contributed by atoms with van der Waals surface area (Å²) in [6, 6.07) is 17.6. The van der Waals surface area contributed by atoms with E-state index < -0.39 is 0 Å². The molecule has 0 unspecified atom stereocenters. The maximum atomic E-state index is 11.9. The SMILES string of the molecule is COc1cccc(NC(=O)CCCc2ccccc2)c1. The molecule has 1 amide bonds. The topological polar surface area (TPSA) is 38.3 Å². The summed E-state index contributed by atoms with van der Waals surface area (Å²) >= 11 is 0. The second-order valence-electron chi connectivity index (χ2n) is 4.62. The molecule has 0 bridgehead atoms. The Kier molecular flexibility index (Phi) is 5.18. The van der Waals surface area contributed by atoms with E-state index in [4.69, 9.17) is 4.74 Å². The van der Waals surface area contributed by atoms with Gasteiger partial charge in [-0.05, 0) is 30.5 Å². The number of carbonyl (C=O) groups is 1. The molecule has 1 N–H and O–H groups in total. The van der Waals surface area contributed by atoms with E-state index in [9.17, 15) is 4.79 Å². The summed E-state index contributed by atoms with van der Waals surface area (Å²) in [5.74, 6) is 0.779. The second kappa shape index (κ2) is 7.34. The normalized spacial score (nSPS) is 10.1. The summed E-state index contributed by atoms with van der Waals surface area (Å²) in [7, 11) is 1.61. The zero-order chi connectivity index (χ0) is 14.2. The van der Waals surface area contributed by atoms with Gasteiger partial charge in [-0.3, -0.25) is 4.79 Å². The number of methoxy groups -OCH3 is 1. The molecule has 0 atom stereocenters. The van der Waals surface area contributed by atoms with Crippen molar-refractivity contribution in [2.45, 2.75) is 19.3 Å². The lowest BCUT2D eigenvalue weighted by molar-refractivity contribution is -0.116. The van der Waals surface area contributed by atoms with Crippen LogP contribution in [-0.2, 0) is 11.2 Å². The first-order valence-electron chi connectivity index (χ1n) is 6.76. The van der Waals surface area contributed by atoms with Crippen LogP contribution in [0, 0.1) is 0 Å². The molecule has 3 nitrogen and oxygen atoms in total. The Bertz CT molecular complexity index is 552. The van der Waals surface area contributed by atoms with Gasteiger partial charge in [0.2, 0.25) is 5.91 Å². The van der Waals surface area contributed by atoms with Crippen molar-refractivity contribution in [1.29, 1.82) is 0 Å². The number of anilines is 1. The lowest BCUT2D eigenvalue weighted by Crippen LogP contribution is -2.11. The Morgan fingerprint density at radius 3 is 2.65 bits per heavy atom. The van der Waals surface area contributed by atoms with Crippen LogP contribution >= 0.6 is 0 Å². The molecular weight excluding hydrogens is 250 g/mol. The smallest absolute Gasteiger partial charge is 0.224 e. The van der Waals surface area contributed by atoms with E-state index in [0.717, 1.165) is 24.3 Å². The molecule has 0 aliphatic carbocycles. The van der Waals surface area contributed by atoms with Crippen molar-refractivity contribution in [1.82, 2.24) is 0 Å². The first-order valence-corrected chi connectivity index (χ1v) is 6.76. The minimum atomic E-state index is 0.0363. The number of carbonyl (C=O) groups excluding carboxylic acids is 1. The predicted octanol–water partition coefficient (Wildman–Crippen LogP) is 3.66. The van der Waals surface area contributed by atoms with Crippen LogP contribution in [0.15, 0.2) is 54.6 Å². The number of hydrogen-bond donors (Lipinski definition) is 1. The lowest BCUT2D eigenvalue weighted by Gasteiger charge is -2.07. The van der Waals surface area contributed by atoms with Gasteiger partial charge >= 0.3 is 0 Å². The van der Waals surface area contributed by atoms with Crippen molar-refractivity contribution in [3.63, 3.8) is 0 Å². The summed E-state index contributed by atoms with van der Waals surface area (Å²) in [6.07, 6.45) is 2.29. The van der Waals surface area contributed by atoms with E-state index in [-0.39, 0.29) is 5.91 Å². The van der Waals surface area contributed by atoms with Gasteiger partial charge in [-0.1, -0.05) is 36.4 Å². The average molecular weight is 269 g/mol. The number of benzene rings is 2. The van der Waals surface area contributed by atoms with Gasteiger partial charge in [-0.15, -0.1) is 0 Å². The van der Waals surface area contributed by atoms with Crippen LogP contribution in [0.3, 0.4) is 0 Å². The minimum absolute atomic E-state index is 0.0363. The fourth-order valence-electron chi connectivity index (χ4n) is 2.02. The molecule has 0 heterocycles. The number of hydrogen-bond acceptors (Lipinski definition) is 2. The summed E-state index contributed by atoms with van der Waals surface area (Å²) in [4.78, 5) is 11.9. The van der Waals surface area contributed by atoms with Crippen molar-refractivity contribution in [2.24, 2.45) is 0 Å². The monoisotopic (exact) mass is 269 g/mol. The van der Waals surface area contributed by atoms with E-state index >= 15 is 0 Å². The molecule has 2 aromatic rings. The van der Waals surface area contributed by atoms with Crippen LogP contribution in [0.5, 0.6) is 5.75 Å². The largest absolute Gasteiger partial charge is 0.497 e. The molecule has 0 saturated carbocycles. The molecule has 0 spiro atoms. The number of rotatable bonds is 6. The van der Waals surface area contributed by atoms with Crippen molar-refractivity contribution in [2.75, 3.05) is 12.4 Å². The van der Waals surface area contributed by atoms with Crippen LogP contribution in [0.25, 0.3) is 0 Å². The highest BCUT2D eigenvalue weighted by Crippen LogP contribution is 2.17. The maximum Gasteiger partial charge on any atom is 0.224 e. The summed E-state index contributed by atoms with van der Waals surface area (Å²) in [5.41, 5.74) is 2.04. The molecule has 2 aromatic carbocycles. The third-order valence-electron chi connectivity index (χ3n) is 3.07. The quantitative estimate of drug-likeness (QED) is 0.869. The second-order valence-corrected chi connectivity index (χ2v) is 4.62. The van der Waals surface area contributed by atoms with E-state index in [2.05, 4.69) is 17.4 Å². The molecule has 0 saturated heterocycles. The standard InChI is InChI=1S/C17H19NO2/c1-20-16-11-6-10-15(13-16)18-17(19)12-5-9-14-7-3-2-4-8-14/h2-4,6-8,10-11,13H,5,9,12H2,1H3,(H,18,19). The minimum Gasteiger partial charge on any atom is -0.497 e. The zero-order valence-electron chi connectivity index (χ0n) is 11.6. The summed E-state index contributed by atoms with van der Waals surface area (Å²) < 4.78 is 5.12. The Morgan fingerprint density at radius 2 is 1.90 bits per heavy atom. The lowest BCUT2D eigenvalue weighted by atomic mass is 10.1. The fraction of sp³-hybridized carbons (Fsp3) is 0.235. The third kappa shape index (κ3) is 4.43. The van der Waals surface area contributed by atoms with Crippen molar-refractivity contribution in [3.05, 3.63) is 60.2 Å². The van der Waals surface area contributed by atoms with Crippen LogP contribution in [0.2, 0.25) is 0 Å². The van der Waals surface area contributed by atoms with Crippen LogP contribution in [-0.4, -0.2) is 13.0 Å². The first-order chi connectivity index (χ1) is 9.78. The highest BCUT2D eigenvalue weighted by atomic mass is 16.5. The molecule has 0 aliphatic rings. The molecule has 0 aliphatic heterocycles. The Balaban J connectivity index is 1.77. The molecule has 0 radical (unpaired) electrons. The van der Waals surface area contributed by atoms with Crippen molar-refractivity contribution >= 4 is 11.6 Å². The molecule has 20 heavy (non-hydrogen) atoms. The van der Waals surface area contributed by atoms with Gasteiger partial charge in [0, 0.05) is 18.2 Å². The van der Waals surface area contributed by atoms with Gasteiger partial charge in [0.15, 0.2) is 0 Å². The first kappa shape index (κ1) is 14.1. The Labute approximate surface area is 119 Å². The molecule has 104 valence electrons. The third-order valence-corrected chi connectivity index (χ3v) is 3.07. The highest BCUT2D eigenvalue weighted by Gasteiger charge is 2.03. The summed E-state index contributed by atoms with van der Waals surface area (Å²) in [5, 5.41) is 2.88. The van der Waals surface area contributed by atoms with Crippen LogP contribution in [0.4, 0.5) is 5.69 Å². The highest BCUT2D eigenvalue weighted by molar-refractivity contribution is 5.90. The molecule has 3 heteroatoms. The fourth-order valence-corrected chi connectivity index (χ4v) is 2.02. The molecular formula is C17H19NO2. The molecule has 0 fully saturated rings. The van der Waals surface area contributed by atoms with Crippen LogP contribution in [0.1, 0.15) is 18.4 Å². The zero-order valence-corrected chi connectivity index (χ0v) is 11.6. The van der Waals surface area contributed by atoms with Gasteiger partial charge in [0.1, 0.15) is 5.75 Å². The molecule has 2 rings (SSSR count). The van der Waals surface area contributed by atoms with Crippen molar-refractivity contribution < 1.29 is 9.53 Å². The van der Waals surface area contributed by atoms with Gasteiger partial charge in [0.05, 0.1) is 7.11 Å². The predicted molar refractivity (Wildman–Crippen MR) is 81.0 cm³/mol. The van der Waals surface area contributed by atoms with E-state index in [1.54, 1.807) is 7.11 Å². The van der Waals surface area contributed by atoms with Gasteiger partial charge in [-0.2, -0.15) is 0 Å². The Hall–Kier alpha value is -2.29. The van der Waals surface area contributed by atoms with Crippen molar-refractivity contribution in [3.8, 4) is 5.75 Å². The summed E-state index contributed by atoms with van der Waals surface area (Å²) in [6.45, 7) is 0. The van der Waals surface area contributed by atoms with Gasteiger partial charge in [0.25, 0.3) is 0 Å². The van der Waals surface area contributed by atoms with E-state index in [1.807, 2.05) is 42.5 Å². The number of aryl methyl sites for hydroxylation is 1. The average Bonchev–Trinajstić information content (AvgIpc) is 2.48. The number of amides is 1. The van der Waals surface area contributed by atoms with Crippen LogP contribution < -0.4 is 10.1 Å². The maximum absolute atomic E-state index is 11.9. The van der Waals surface area contributed by atoms with Gasteiger partial charge in [-0.25, -0.2) is 0 Å². The number of ether oxygens (including phenoxy) is 1. The number of nitrogens with one attached hydrogen (secondary N) is 1. The van der Waals surface area contributed by atoms with E-state index in [1.165, 1.54) is 5.56 Å². The van der Waals surface area contributed by atoms with Gasteiger partial charge < -0.3 is 10.1 Å². The van der Waals surface area contributed by atoms with E-state index in [0.29, 0.717) is 6.42 Å².